The molecule has 0 heterocycles. The van der Waals surface area contributed by atoms with E-state index in [1.807, 2.05) is 199 Å². The molecule has 12 aromatic carbocycles. The van der Waals surface area contributed by atoms with Crippen molar-refractivity contribution in [3.05, 3.63) is 341 Å². The first-order valence-electron chi connectivity index (χ1n) is 47.6. The smallest absolute Gasteiger partial charge is 0.416 e. The van der Waals surface area contributed by atoms with E-state index in [1.165, 1.54) is 84.0 Å². The van der Waals surface area contributed by atoms with Crippen molar-refractivity contribution in [3.63, 3.8) is 0 Å². The summed E-state index contributed by atoms with van der Waals surface area (Å²) in [6.45, 7) is 28.7. The number of rotatable bonds is 30. The highest BCUT2D eigenvalue weighted by Crippen LogP contribution is 2.43. The number of urea groups is 6. The fourth-order valence-electron chi connectivity index (χ4n) is 15.1. The summed E-state index contributed by atoms with van der Waals surface area (Å²) >= 11 is 0. The second kappa shape index (κ2) is 56.7. The fourth-order valence-corrected chi connectivity index (χ4v) is 15.1. The largest absolute Gasteiger partial charge is 0.497 e. The van der Waals surface area contributed by atoms with Crippen molar-refractivity contribution in [1.82, 2.24) is 31.9 Å². The van der Waals surface area contributed by atoms with Crippen molar-refractivity contribution in [2.75, 3.05) is 86.4 Å². The maximum atomic E-state index is 13.0. The molecule has 0 aromatic heterocycles. The molecule has 12 N–H and O–H groups in total. The van der Waals surface area contributed by atoms with Gasteiger partial charge < -0.3 is 69.8 Å². The molecule has 1 fully saturated rings. The lowest BCUT2D eigenvalue weighted by Crippen LogP contribution is -2.36. The topological polar surface area (TPSA) is 389 Å². The van der Waals surface area contributed by atoms with Gasteiger partial charge in [0.1, 0.15) is 85.6 Å². The number of alkyl halides is 5. The van der Waals surface area contributed by atoms with Crippen LogP contribution in [-0.4, -0.2) is 123 Å². The predicted octanol–water partition coefficient (Wildman–Crippen LogP) is 24.3. The minimum absolute atomic E-state index is 0.0194. The third-order valence-electron chi connectivity index (χ3n) is 23.2. The van der Waals surface area contributed by atoms with E-state index in [4.69, 9.17) is 37.9 Å². The maximum absolute atomic E-state index is 13.0. The van der Waals surface area contributed by atoms with Crippen LogP contribution in [0.4, 0.5) is 84.8 Å². The number of hydrogen-bond acceptors (Lipinski definition) is 20. The van der Waals surface area contributed by atoms with Crippen molar-refractivity contribution in [3.8, 4) is 46.0 Å². The minimum atomic E-state index is -4.56. The zero-order valence-corrected chi connectivity index (χ0v) is 87.5. The van der Waals surface area contributed by atoms with Gasteiger partial charge in [-0.3, -0.25) is 31.2 Å². The normalized spacial score (nSPS) is 11.0. The zero-order valence-electron chi connectivity index (χ0n) is 87.5. The number of aryl methyl sites for hydroxylation is 13. The molecule has 37 heteroatoms. The van der Waals surface area contributed by atoms with Crippen LogP contribution >= 0.6 is 0 Å². The van der Waals surface area contributed by atoms with Gasteiger partial charge in [-0.2, -0.15) is 43.6 Å². The number of nitrogens with one attached hydrogen (secondary N) is 6. The molecule has 0 atom stereocenters. The standard InChI is InChI=1S/C20H24N2O3.C19H24N2O4.C19H24N2O3.C18H19F3N2O3.C18H20F2N2O3.C18H22N2O4/c1-13-4-9-19(14(2)10-13)25-12-17-11-16(15-5-6-15)7-8-18(17)22(24)20(23)21-3;1-5-24-16-7-8-17(21(23)19(22)20-4)15(11-16)12-25-18-9-6-13(2)10-14(18)3;1-5-15-7-8-17(21(23)19(22)20-4)16(11-15)12-24-18-9-6-13(2)10-14(18)3;1-11-4-7-16(12(2)8-11)26-10-13-9-14(18(19,20)21)5-6-15(13)23(25)17(24)22-3;1-11-4-7-16(12(2)8-11)25-10-14-9-13(17(19)20)5-6-15(14)22(24)18(23)21-3;1-12-5-8-17(13(2)9-12)24-11-14-10-15(23-4)6-7-16(14)20(22)18(21)19-3/h4,7-11,15,24H,5-6,12H2,1-3H3,(H,21,23);6-11,23H,5,12H2,1-4H3,(H,20,22);6-11,23H,5,12H2,1-4H3,(H,20,22);4-9,25H,10H2,1-3H3,(H,22,24);4-9,17,24H,10H2,1-3H3,(H,21,23);5-10,22H,11H2,1-4H3,(H,19,21). The quantitative estimate of drug-likeness (QED) is 0.0113. The number of hydroxylamine groups is 6. The van der Waals surface area contributed by atoms with Crippen LogP contribution in [0, 0.1) is 83.1 Å². The Labute approximate surface area is 865 Å². The van der Waals surface area contributed by atoms with E-state index in [-0.39, 0.29) is 72.8 Å². The third kappa shape index (κ3) is 34.6. The van der Waals surface area contributed by atoms with Crippen molar-refractivity contribution < 1.29 is 120 Å². The highest BCUT2D eigenvalue weighted by molar-refractivity contribution is 5.94. The van der Waals surface area contributed by atoms with Gasteiger partial charge in [0.15, 0.2) is 0 Å². The van der Waals surface area contributed by atoms with Gasteiger partial charge in [-0.1, -0.05) is 137 Å². The van der Waals surface area contributed by atoms with Crippen molar-refractivity contribution in [1.29, 1.82) is 0 Å². The number of carbonyl (C=O) groups is 6. The molecule has 1 saturated carbocycles. The van der Waals surface area contributed by atoms with Gasteiger partial charge in [0, 0.05) is 81.2 Å². The van der Waals surface area contributed by atoms with Crippen molar-refractivity contribution >= 4 is 70.3 Å². The third-order valence-corrected chi connectivity index (χ3v) is 23.2. The summed E-state index contributed by atoms with van der Waals surface area (Å²) < 4.78 is 111. The van der Waals surface area contributed by atoms with E-state index in [9.17, 15) is 82.0 Å². The molecular weight excluding hydrogens is 1930 g/mol. The number of nitrogens with zero attached hydrogens (tertiary/aromatic N) is 6. The summed E-state index contributed by atoms with van der Waals surface area (Å²) in [5.41, 5.74) is 18.5. The van der Waals surface area contributed by atoms with E-state index < -0.39 is 54.4 Å². The molecule has 149 heavy (non-hydrogen) atoms. The molecule has 0 spiro atoms. The molecule has 32 nitrogen and oxygen atoms in total. The van der Waals surface area contributed by atoms with E-state index in [1.54, 1.807) is 67.8 Å². The minimum Gasteiger partial charge on any atom is -0.497 e. The number of ether oxygens (including phenoxy) is 8. The number of methoxy groups -OCH3 is 1. The summed E-state index contributed by atoms with van der Waals surface area (Å²) in [6, 6.07) is 58.5. The zero-order chi connectivity index (χ0) is 110. The summed E-state index contributed by atoms with van der Waals surface area (Å²) in [5, 5.41) is 77.4. The molecule has 0 aliphatic heterocycles. The number of benzene rings is 12. The van der Waals surface area contributed by atoms with Crippen LogP contribution in [0.2, 0.25) is 0 Å². The molecule has 12 aromatic rings. The first-order chi connectivity index (χ1) is 70.8. The summed E-state index contributed by atoms with van der Waals surface area (Å²) in [5.74, 6) is 6.05. The molecule has 1 aliphatic rings. The first-order valence-corrected chi connectivity index (χ1v) is 47.6. The summed E-state index contributed by atoms with van der Waals surface area (Å²) in [4.78, 5) is 70.1. The molecule has 796 valence electrons. The van der Waals surface area contributed by atoms with Gasteiger partial charge in [0.25, 0.3) is 6.43 Å². The van der Waals surface area contributed by atoms with Gasteiger partial charge in [-0.15, -0.1) is 0 Å². The van der Waals surface area contributed by atoms with Gasteiger partial charge in [-0.05, 0) is 281 Å². The van der Waals surface area contributed by atoms with Crippen LogP contribution in [0.25, 0.3) is 0 Å². The highest BCUT2D eigenvalue weighted by Gasteiger charge is 2.33. The number of hydrogen-bond donors (Lipinski definition) is 12. The highest BCUT2D eigenvalue weighted by atomic mass is 19.4. The lowest BCUT2D eigenvalue weighted by Gasteiger charge is -2.20. The number of halogens is 5. The Balaban J connectivity index is 0.000000218. The average Bonchev–Trinajstić information content (AvgIpc) is 1.55. The molecule has 0 bridgehead atoms. The van der Waals surface area contributed by atoms with Crippen LogP contribution in [-0.2, 0) is 52.2 Å². The molecular formula is C112H133F5N12O20. The molecule has 13 rings (SSSR count). The monoisotopic (exact) mass is 2060 g/mol. The molecule has 0 saturated heterocycles. The summed E-state index contributed by atoms with van der Waals surface area (Å²) in [7, 11) is 10.0. The van der Waals surface area contributed by atoms with Crippen LogP contribution < -0.4 is 100 Å². The van der Waals surface area contributed by atoms with Crippen LogP contribution in [0.15, 0.2) is 218 Å². The number of carbonyl (C=O) groups excluding carboxylic acids is 6. The number of anilines is 6. The average molecular weight is 2060 g/mol. The number of amides is 12. The van der Waals surface area contributed by atoms with Gasteiger partial charge in [-0.25, -0.2) is 37.5 Å². The molecule has 0 unspecified atom stereocenters. The van der Waals surface area contributed by atoms with Gasteiger partial charge >= 0.3 is 42.4 Å². The lowest BCUT2D eigenvalue weighted by atomic mass is 10.1. The van der Waals surface area contributed by atoms with Gasteiger partial charge in [0.2, 0.25) is 0 Å². The second-order valence-corrected chi connectivity index (χ2v) is 34.8. The Bertz CT molecular complexity index is 6320. The van der Waals surface area contributed by atoms with Gasteiger partial charge in [0.05, 0.1) is 53.4 Å². The Morgan fingerprint density at radius 3 is 0.839 bits per heavy atom. The van der Waals surface area contributed by atoms with Crippen LogP contribution in [0.3, 0.4) is 0 Å². The van der Waals surface area contributed by atoms with Crippen LogP contribution in [0.1, 0.15) is 161 Å². The molecule has 0 radical (unpaired) electrons. The summed E-state index contributed by atoms with van der Waals surface area (Å²) in [6.07, 6.45) is -3.98. The van der Waals surface area contributed by atoms with Crippen molar-refractivity contribution in [2.45, 2.75) is 174 Å². The Morgan fingerprint density at radius 2 is 0.570 bits per heavy atom. The Hall–Kier alpha value is -15.9. The van der Waals surface area contributed by atoms with E-state index in [0.717, 1.165) is 126 Å². The van der Waals surface area contributed by atoms with E-state index in [0.29, 0.717) is 94.7 Å². The van der Waals surface area contributed by atoms with Crippen LogP contribution in [0.5, 0.6) is 46.0 Å². The Morgan fingerprint density at radius 1 is 0.315 bits per heavy atom. The van der Waals surface area contributed by atoms with E-state index >= 15 is 0 Å². The molecule has 1 aliphatic carbocycles. The maximum Gasteiger partial charge on any atom is 0.416 e. The predicted molar refractivity (Wildman–Crippen MR) is 562 cm³/mol. The SMILES string of the molecule is CCOc1ccc(N(O)C(=O)NC)c(COc2ccc(C)cc2C)c1.CCc1ccc(N(O)C(=O)NC)c(COc2ccc(C)cc2C)c1.CNC(=O)N(O)c1ccc(C(F)(F)F)cc1COc1ccc(C)cc1C.CNC(=O)N(O)c1ccc(C(F)F)cc1COc1ccc(C)cc1C.CNC(=O)N(O)c1ccc(C2CC2)cc1COc1ccc(C)cc1C.CNC(=O)N(O)c1ccc(OC)cc1COc1ccc(C)cc1C. The van der Waals surface area contributed by atoms with E-state index in [2.05, 4.69) is 51.0 Å². The lowest BCUT2D eigenvalue weighted by molar-refractivity contribution is -0.137. The fraction of sp³-hybridized carbons (Fsp3) is 0.304. The first kappa shape index (κ1) is 118. The van der Waals surface area contributed by atoms with Crippen molar-refractivity contribution in [2.24, 2.45) is 0 Å². The Kier molecular flexibility index (Phi) is 45.0. The molecule has 12 amide bonds. The second-order valence-electron chi connectivity index (χ2n) is 34.8.